The van der Waals surface area contributed by atoms with Gasteiger partial charge in [-0.25, -0.2) is 0 Å². The van der Waals surface area contributed by atoms with Crippen molar-refractivity contribution in [3.05, 3.63) is 0 Å². The van der Waals surface area contributed by atoms with E-state index in [1.165, 1.54) is 12.8 Å². The van der Waals surface area contributed by atoms with E-state index < -0.39 is 0 Å². The summed E-state index contributed by atoms with van der Waals surface area (Å²) in [7, 11) is 0. The molecule has 0 amide bonds. The first-order valence-electron chi connectivity index (χ1n) is 3.50. The molecular formula is C8H15N. The van der Waals surface area contributed by atoms with E-state index in [1.54, 1.807) is 0 Å². The summed E-state index contributed by atoms with van der Waals surface area (Å²) in [5, 5.41) is 0. The van der Waals surface area contributed by atoms with Crippen LogP contribution in [0.5, 0.6) is 0 Å². The smallest absolute Gasteiger partial charge is 0.0238 e. The van der Waals surface area contributed by atoms with Crippen molar-refractivity contribution in [1.82, 2.24) is 0 Å². The topological polar surface area (TPSA) is 26.0 Å². The summed E-state index contributed by atoms with van der Waals surface area (Å²) in [4.78, 5) is 0. The summed E-state index contributed by atoms with van der Waals surface area (Å²) in [6.07, 6.45) is 9.27. The first kappa shape index (κ1) is 8.52. The van der Waals surface area contributed by atoms with E-state index in [4.69, 9.17) is 12.2 Å². The van der Waals surface area contributed by atoms with E-state index in [0.29, 0.717) is 0 Å². The number of rotatable bonds is 4. The van der Waals surface area contributed by atoms with Gasteiger partial charge < -0.3 is 5.73 Å². The summed E-state index contributed by atoms with van der Waals surface area (Å²) >= 11 is 0. The quantitative estimate of drug-likeness (QED) is 0.566. The molecule has 2 N–H and O–H groups in total. The molecule has 1 nitrogen and oxygen atoms in total. The molecule has 0 aromatic rings. The number of unbranched alkanes of at least 4 members (excludes halogenated alkanes) is 1. The van der Waals surface area contributed by atoms with E-state index in [-0.39, 0.29) is 6.04 Å². The highest BCUT2D eigenvalue weighted by Gasteiger charge is 1.96. The summed E-state index contributed by atoms with van der Waals surface area (Å²) in [5.74, 6) is 2.55. The van der Waals surface area contributed by atoms with Crippen LogP contribution in [-0.2, 0) is 0 Å². The van der Waals surface area contributed by atoms with Gasteiger partial charge in [0, 0.05) is 12.5 Å². The Balaban J connectivity index is 3.08. The fraction of sp³-hybridized carbons (Fsp3) is 0.750. The van der Waals surface area contributed by atoms with Crippen LogP contribution in [0, 0.1) is 12.3 Å². The van der Waals surface area contributed by atoms with E-state index in [0.717, 1.165) is 12.8 Å². The number of nitrogens with two attached hydrogens (primary N) is 1. The Hall–Kier alpha value is -0.480. The van der Waals surface area contributed by atoms with Gasteiger partial charge in [0.15, 0.2) is 0 Å². The molecule has 1 unspecified atom stereocenters. The molecule has 0 bridgehead atoms. The van der Waals surface area contributed by atoms with E-state index in [2.05, 4.69) is 12.8 Å². The molecule has 1 atom stereocenters. The van der Waals surface area contributed by atoms with Crippen LogP contribution in [0.3, 0.4) is 0 Å². The van der Waals surface area contributed by atoms with Crippen LogP contribution >= 0.6 is 0 Å². The molecule has 0 aliphatic carbocycles. The second-order valence-corrected chi connectivity index (χ2v) is 2.31. The number of hydrogen-bond acceptors (Lipinski definition) is 1. The highest BCUT2D eigenvalue weighted by atomic mass is 14.6. The first-order chi connectivity index (χ1) is 4.31. The molecule has 0 fully saturated rings. The third-order valence-corrected chi connectivity index (χ3v) is 1.31. The van der Waals surface area contributed by atoms with Gasteiger partial charge in [-0.3, -0.25) is 0 Å². The zero-order valence-corrected chi connectivity index (χ0v) is 6.06. The van der Waals surface area contributed by atoms with Gasteiger partial charge in [0.25, 0.3) is 0 Å². The average molecular weight is 125 g/mol. The van der Waals surface area contributed by atoms with Gasteiger partial charge in [0.2, 0.25) is 0 Å². The minimum absolute atomic E-state index is 0.231. The van der Waals surface area contributed by atoms with Gasteiger partial charge in [-0.15, -0.1) is 12.3 Å². The zero-order chi connectivity index (χ0) is 7.11. The molecule has 0 aliphatic heterocycles. The van der Waals surface area contributed by atoms with Crippen molar-refractivity contribution in [2.24, 2.45) is 5.73 Å². The molecular weight excluding hydrogens is 110 g/mol. The molecule has 0 radical (unpaired) electrons. The number of hydrogen-bond donors (Lipinski definition) is 1. The first-order valence-corrected chi connectivity index (χ1v) is 3.50. The van der Waals surface area contributed by atoms with Gasteiger partial charge in [0.05, 0.1) is 0 Å². The Morgan fingerprint density at radius 1 is 1.67 bits per heavy atom. The minimum Gasteiger partial charge on any atom is -0.327 e. The molecule has 0 aromatic carbocycles. The molecule has 0 saturated carbocycles. The number of terminal acetylenes is 1. The standard InChI is InChI=1S/C8H15N/c1-3-5-7-8(9)6-4-2/h2,8H,3,5-7,9H2,1H3. The SMILES string of the molecule is C#CCC(N)CCCC. The molecule has 0 rings (SSSR count). The van der Waals surface area contributed by atoms with Crippen LogP contribution in [0.1, 0.15) is 32.6 Å². The predicted molar refractivity (Wildman–Crippen MR) is 41.0 cm³/mol. The van der Waals surface area contributed by atoms with Gasteiger partial charge in [0.1, 0.15) is 0 Å². The summed E-state index contributed by atoms with van der Waals surface area (Å²) in [6.45, 7) is 2.16. The van der Waals surface area contributed by atoms with Gasteiger partial charge in [-0.2, -0.15) is 0 Å². The second-order valence-electron chi connectivity index (χ2n) is 2.31. The van der Waals surface area contributed by atoms with Crippen LogP contribution in [0.15, 0.2) is 0 Å². The molecule has 52 valence electrons. The molecule has 0 heterocycles. The Bertz CT molecular complexity index is 91.2. The van der Waals surface area contributed by atoms with Crippen LogP contribution < -0.4 is 5.73 Å². The molecule has 0 spiro atoms. The lowest BCUT2D eigenvalue weighted by molar-refractivity contribution is 0.588. The van der Waals surface area contributed by atoms with Gasteiger partial charge in [-0.05, 0) is 6.42 Å². The van der Waals surface area contributed by atoms with Crippen molar-refractivity contribution >= 4 is 0 Å². The van der Waals surface area contributed by atoms with Crippen molar-refractivity contribution < 1.29 is 0 Å². The molecule has 0 aromatic heterocycles. The highest BCUT2D eigenvalue weighted by Crippen LogP contribution is 1.99. The zero-order valence-electron chi connectivity index (χ0n) is 6.06. The lowest BCUT2D eigenvalue weighted by atomic mass is 10.1. The van der Waals surface area contributed by atoms with Crippen molar-refractivity contribution in [3.63, 3.8) is 0 Å². The lowest BCUT2D eigenvalue weighted by Crippen LogP contribution is -2.18. The maximum atomic E-state index is 5.63. The summed E-state index contributed by atoms with van der Waals surface area (Å²) in [6, 6.07) is 0.231. The van der Waals surface area contributed by atoms with Crippen molar-refractivity contribution in [2.45, 2.75) is 38.6 Å². The van der Waals surface area contributed by atoms with Crippen molar-refractivity contribution in [1.29, 1.82) is 0 Å². The van der Waals surface area contributed by atoms with Crippen molar-refractivity contribution in [3.8, 4) is 12.3 Å². The lowest BCUT2D eigenvalue weighted by Gasteiger charge is -2.04. The van der Waals surface area contributed by atoms with Crippen LogP contribution in [0.2, 0.25) is 0 Å². The van der Waals surface area contributed by atoms with Crippen molar-refractivity contribution in [2.75, 3.05) is 0 Å². The third kappa shape index (κ3) is 5.39. The Morgan fingerprint density at radius 3 is 2.78 bits per heavy atom. The Labute approximate surface area is 57.6 Å². The van der Waals surface area contributed by atoms with Gasteiger partial charge in [-0.1, -0.05) is 19.8 Å². The minimum atomic E-state index is 0.231. The second kappa shape index (κ2) is 5.65. The monoisotopic (exact) mass is 125 g/mol. The highest BCUT2D eigenvalue weighted by molar-refractivity contribution is 4.88. The summed E-state index contributed by atoms with van der Waals surface area (Å²) in [5.41, 5.74) is 5.63. The average Bonchev–Trinajstić information content (AvgIpc) is 1.85. The van der Waals surface area contributed by atoms with Crippen LogP contribution in [-0.4, -0.2) is 6.04 Å². The predicted octanol–water partition coefficient (Wildman–Crippen LogP) is 1.53. The molecule has 9 heavy (non-hydrogen) atoms. The Kier molecular flexibility index (Phi) is 5.35. The molecule has 0 saturated heterocycles. The fourth-order valence-electron chi connectivity index (χ4n) is 0.720. The van der Waals surface area contributed by atoms with Gasteiger partial charge >= 0.3 is 0 Å². The summed E-state index contributed by atoms with van der Waals surface area (Å²) < 4.78 is 0. The molecule has 1 heteroatoms. The van der Waals surface area contributed by atoms with E-state index in [9.17, 15) is 0 Å². The third-order valence-electron chi connectivity index (χ3n) is 1.31. The maximum absolute atomic E-state index is 5.63. The van der Waals surface area contributed by atoms with Crippen LogP contribution in [0.25, 0.3) is 0 Å². The maximum Gasteiger partial charge on any atom is 0.0238 e. The Morgan fingerprint density at radius 2 is 2.33 bits per heavy atom. The van der Waals surface area contributed by atoms with E-state index >= 15 is 0 Å². The fourth-order valence-corrected chi connectivity index (χ4v) is 0.720. The molecule has 0 aliphatic rings. The van der Waals surface area contributed by atoms with Crippen LogP contribution in [0.4, 0.5) is 0 Å². The largest absolute Gasteiger partial charge is 0.327 e. The van der Waals surface area contributed by atoms with E-state index in [1.807, 2.05) is 0 Å². The normalized spacial score (nSPS) is 12.6.